The number of fused-ring (bicyclic) bond motifs is 5. The molecule has 1 heteroatoms. The molecule has 0 heterocycles. The first-order valence-corrected chi connectivity index (χ1v) is 9.70. The number of hydrogen-bond donors (Lipinski definition) is 0. The van der Waals surface area contributed by atoms with Crippen LogP contribution in [0.4, 0.5) is 0 Å². The molecule has 122 valence electrons. The zero-order valence-corrected chi connectivity index (χ0v) is 14.6. The van der Waals surface area contributed by atoms with Gasteiger partial charge in [0.1, 0.15) is 5.78 Å². The second-order valence-corrected chi connectivity index (χ2v) is 9.23. The van der Waals surface area contributed by atoms with Crippen LogP contribution in [0.15, 0.2) is 11.6 Å². The molecule has 3 fully saturated rings. The van der Waals surface area contributed by atoms with Crippen LogP contribution in [0, 0.1) is 40.9 Å². The maximum absolute atomic E-state index is 12.1. The molecular formula is C21H32O. The summed E-state index contributed by atoms with van der Waals surface area (Å²) in [5, 5.41) is 0. The highest BCUT2D eigenvalue weighted by molar-refractivity contribution is 5.79. The lowest BCUT2D eigenvalue weighted by Crippen LogP contribution is -2.46. The molecule has 0 spiro atoms. The molecule has 7 unspecified atom stereocenters. The summed E-state index contributed by atoms with van der Waals surface area (Å²) >= 11 is 0. The van der Waals surface area contributed by atoms with Crippen molar-refractivity contribution >= 4 is 5.78 Å². The van der Waals surface area contributed by atoms with Crippen molar-refractivity contribution in [3.05, 3.63) is 11.6 Å². The average Bonchev–Trinajstić information content (AvgIpc) is 2.84. The molecule has 7 atom stereocenters. The molecular weight excluding hydrogens is 268 g/mol. The first-order valence-electron chi connectivity index (χ1n) is 9.70. The van der Waals surface area contributed by atoms with Gasteiger partial charge < -0.3 is 0 Å². The Labute approximate surface area is 135 Å². The second-order valence-electron chi connectivity index (χ2n) is 9.23. The zero-order chi connectivity index (χ0) is 15.5. The molecule has 0 saturated heterocycles. The SMILES string of the molecule is CC(=O)C1CCC2C3CC=C4CC(C)CCC4C3CCC12C. The quantitative estimate of drug-likeness (QED) is 0.592. The van der Waals surface area contributed by atoms with E-state index in [9.17, 15) is 4.79 Å². The number of carbonyl (C=O) groups excluding carboxylic acids is 1. The Hall–Kier alpha value is -0.590. The summed E-state index contributed by atoms with van der Waals surface area (Å²) in [4.78, 5) is 12.1. The van der Waals surface area contributed by atoms with Crippen molar-refractivity contribution in [1.29, 1.82) is 0 Å². The predicted octanol–water partition coefficient (Wildman–Crippen LogP) is 5.40. The molecule has 4 aliphatic rings. The van der Waals surface area contributed by atoms with Gasteiger partial charge in [-0.25, -0.2) is 0 Å². The van der Waals surface area contributed by atoms with Gasteiger partial charge >= 0.3 is 0 Å². The van der Waals surface area contributed by atoms with E-state index in [2.05, 4.69) is 19.9 Å². The van der Waals surface area contributed by atoms with E-state index in [1.54, 1.807) is 0 Å². The van der Waals surface area contributed by atoms with Gasteiger partial charge in [0.25, 0.3) is 0 Å². The Morgan fingerprint density at radius 3 is 2.73 bits per heavy atom. The van der Waals surface area contributed by atoms with E-state index in [0.29, 0.717) is 17.1 Å². The van der Waals surface area contributed by atoms with Crippen LogP contribution in [0.1, 0.15) is 72.1 Å². The third-order valence-corrected chi connectivity index (χ3v) is 8.18. The van der Waals surface area contributed by atoms with E-state index < -0.39 is 0 Å². The average molecular weight is 300 g/mol. The van der Waals surface area contributed by atoms with Gasteiger partial charge in [-0.2, -0.15) is 0 Å². The van der Waals surface area contributed by atoms with Crippen molar-refractivity contribution in [1.82, 2.24) is 0 Å². The molecule has 0 aromatic carbocycles. The molecule has 4 rings (SSSR count). The lowest BCUT2D eigenvalue weighted by atomic mass is 9.51. The molecule has 1 nitrogen and oxygen atoms in total. The Bertz CT molecular complexity index is 504. The van der Waals surface area contributed by atoms with Crippen molar-refractivity contribution < 1.29 is 4.79 Å². The molecule has 0 N–H and O–H groups in total. The Morgan fingerprint density at radius 1 is 1.14 bits per heavy atom. The standard InChI is InChI=1S/C21H32O/c1-13-4-6-16-15(12-13)5-7-18-17(16)10-11-21(3)19(14(2)22)8-9-20(18)21/h5,13,16-20H,4,6-12H2,1-3H3. The molecule has 3 saturated carbocycles. The van der Waals surface area contributed by atoms with Gasteiger partial charge in [0.15, 0.2) is 0 Å². The summed E-state index contributed by atoms with van der Waals surface area (Å²) in [5.74, 6) is 5.26. The van der Waals surface area contributed by atoms with E-state index >= 15 is 0 Å². The van der Waals surface area contributed by atoms with Gasteiger partial charge in [0.05, 0.1) is 0 Å². The number of ketones is 1. The van der Waals surface area contributed by atoms with E-state index in [1.807, 2.05) is 12.5 Å². The largest absolute Gasteiger partial charge is 0.300 e. The highest BCUT2D eigenvalue weighted by Gasteiger charge is 2.56. The summed E-state index contributed by atoms with van der Waals surface area (Å²) in [5.41, 5.74) is 2.13. The molecule has 22 heavy (non-hydrogen) atoms. The highest BCUT2D eigenvalue weighted by Crippen LogP contribution is 2.63. The van der Waals surface area contributed by atoms with Gasteiger partial charge in [0.2, 0.25) is 0 Å². The minimum Gasteiger partial charge on any atom is -0.300 e. The number of carbonyl (C=O) groups is 1. The fourth-order valence-corrected chi connectivity index (χ4v) is 7.14. The minimum absolute atomic E-state index is 0.320. The molecule has 0 aromatic rings. The summed E-state index contributed by atoms with van der Waals surface area (Å²) < 4.78 is 0. The summed E-state index contributed by atoms with van der Waals surface area (Å²) in [6.07, 6.45) is 13.4. The van der Waals surface area contributed by atoms with Crippen molar-refractivity contribution in [3.8, 4) is 0 Å². The van der Waals surface area contributed by atoms with E-state index in [1.165, 1.54) is 44.9 Å². The van der Waals surface area contributed by atoms with Gasteiger partial charge in [-0.05, 0) is 93.3 Å². The molecule has 0 amide bonds. The van der Waals surface area contributed by atoms with Crippen LogP contribution < -0.4 is 0 Å². The highest BCUT2D eigenvalue weighted by atomic mass is 16.1. The van der Waals surface area contributed by atoms with Crippen molar-refractivity contribution in [2.75, 3.05) is 0 Å². The molecule has 4 aliphatic carbocycles. The lowest BCUT2D eigenvalue weighted by molar-refractivity contribution is -0.126. The maximum atomic E-state index is 12.1. The number of Topliss-reactive ketones (excluding diaryl/α,β-unsaturated/α-hetero) is 1. The maximum Gasteiger partial charge on any atom is 0.133 e. The van der Waals surface area contributed by atoms with Crippen molar-refractivity contribution in [2.45, 2.75) is 72.1 Å². The minimum atomic E-state index is 0.320. The topological polar surface area (TPSA) is 17.1 Å². The monoisotopic (exact) mass is 300 g/mol. The van der Waals surface area contributed by atoms with Crippen LogP contribution in [0.3, 0.4) is 0 Å². The van der Waals surface area contributed by atoms with E-state index in [-0.39, 0.29) is 0 Å². The molecule has 0 bridgehead atoms. The predicted molar refractivity (Wildman–Crippen MR) is 90.4 cm³/mol. The molecule has 0 aromatic heterocycles. The summed E-state index contributed by atoms with van der Waals surface area (Å²) in [6, 6.07) is 0. The Balaban J connectivity index is 1.61. The van der Waals surface area contributed by atoms with Gasteiger partial charge in [-0.3, -0.25) is 4.79 Å². The molecule has 0 aliphatic heterocycles. The van der Waals surface area contributed by atoms with Crippen LogP contribution in [0.25, 0.3) is 0 Å². The molecule has 0 radical (unpaired) electrons. The van der Waals surface area contributed by atoms with Crippen LogP contribution in [0.2, 0.25) is 0 Å². The fourth-order valence-electron chi connectivity index (χ4n) is 7.14. The van der Waals surface area contributed by atoms with Crippen molar-refractivity contribution in [2.24, 2.45) is 40.9 Å². The third kappa shape index (κ3) is 2.07. The van der Waals surface area contributed by atoms with Crippen LogP contribution in [-0.4, -0.2) is 5.78 Å². The number of rotatable bonds is 1. The van der Waals surface area contributed by atoms with Crippen LogP contribution in [-0.2, 0) is 4.79 Å². The van der Waals surface area contributed by atoms with Crippen LogP contribution >= 0.6 is 0 Å². The van der Waals surface area contributed by atoms with Gasteiger partial charge in [-0.1, -0.05) is 25.5 Å². The van der Waals surface area contributed by atoms with E-state index in [0.717, 1.165) is 36.0 Å². The smallest absolute Gasteiger partial charge is 0.133 e. The zero-order valence-electron chi connectivity index (χ0n) is 14.6. The number of hydrogen-bond acceptors (Lipinski definition) is 1. The van der Waals surface area contributed by atoms with Gasteiger partial charge in [-0.15, -0.1) is 0 Å². The normalized spacial score (nSPS) is 50.6. The Morgan fingerprint density at radius 2 is 1.95 bits per heavy atom. The van der Waals surface area contributed by atoms with Crippen molar-refractivity contribution in [3.63, 3.8) is 0 Å². The first-order chi connectivity index (χ1) is 10.5. The Kier molecular flexibility index (Phi) is 3.55. The summed E-state index contributed by atoms with van der Waals surface area (Å²) in [6.45, 7) is 6.72. The van der Waals surface area contributed by atoms with Gasteiger partial charge in [0, 0.05) is 5.92 Å². The van der Waals surface area contributed by atoms with Crippen LogP contribution in [0.5, 0.6) is 0 Å². The fraction of sp³-hybridized carbons (Fsp3) is 0.857. The first kappa shape index (κ1) is 15.0. The lowest BCUT2D eigenvalue weighted by Gasteiger charge is -2.53. The number of allylic oxidation sites excluding steroid dienone is 2. The second kappa shape index (κ2) is 5.21. The van der Waals surface area contributed by atoms with E-state index in [4.69, 9.17) is 0 Å². The summed E-state index contributed by atoms with van der Waals surface area (Å²) in [7, 11) is 0. The third-order valence-electron chi connectivity index (χ3n) is 8.18.